The van der Waals surface area contributed by atoms with Crippen LogP contribution in [0.15, 0.2) is 140 Å². The predicted octanol–water partition coefficient (Wildman–Crippen LogP) is 15.3. The van der Waals surface area contributed by atoms with Crippen LogP contribution in [0.2, 0.25) is 0 Å². The first-order valence-corrected chi connectivity index (χ1v) is 24.7. The molecule has 11 rings (SSSR count). The fourth-order valence-corrected chi connectivity index (χ4v) is 13.6. The van der Waals surface area contributed by atoms with E-state index in [1.807, 2.05) is 12.1 Å². The Kier molecular flexibility index (Phi) is 8.64. The molecule has 2 nitrogen and oxygen atoms in total. The topological polar surface area (TPSA) is 6.48 Å². The first-order chi connectivity index (χ1) is 32.7. The van der Waals surface area contributed by atoms with Gasteiger partial charge in [-0.2, -0.15) is 0 Å². The van der Waals surface area contributed by atoms with Gasteiger partial charge in [-0.1, -0.05) is 181 Å². The summed E-state index contributed by atoms with van der Waals surface area (Å²) in [6, 6.07) is 52.0. The van der Waals surface area contributed by atoms with Crippen LogP contribution in [0.25, 0.3) is 11.1 Å². The Morgan fingerprint density at radius 1 is 0.463 bits per heavy atom. The third kappa shape index (κ3) is 6.64. The first kappa shape index (κ1) is 40.3. The molecular weight excluding hydrogens is 808 g/mol. The van der Waals surface area contributed by atoms with E-state index in [9.17, 15) is 4.11 Å². The summed E-state index contributed by atoms with van der Waals surface area (Å²) in [5.41, 5.74) is 21.0. The van der Waals surface area contributed by atoms with Gasteiger partial charge in [0.1, 0.15) is 0 Å². The SMILES string of the molecule is [2H]C([2H])([2H])c1cc2c3c(c1)N(c1ccc(C(C)(C)C)cc1-c1ccccc1)c1cc4c(cc1B3c1ccc(C(C)(C)c3ccccc3)cc1N2c1ccc2c(c1)C(C)(C)CC2(C)C)C(C)(C)CC4(C)C. The van der Waals surface area contributed by atoms with E-state index in [1.165, 1.54) is 49.9 Å². The molecular formula is C64H69BN2. The van der Waals surface area contributed by atoms with Crippen LogP contribution in [-0.4, -0.2) is 6.71 Å². The van der Waals surface area contributed by atoms with Crippen molar-refractivity contribution < 1.29 is 4.11 Å². The number of anilines is 6. The molecule has 7 aromatic carbocycles. The molecule has 0 N–H and O–H groups in total. The molecule has 0 bridgehead atoms. The molecule has 3 heteroatoms. The average Bonchev–Trinajstić information content (AvgIpc) is 3.61. The molecule has 0 fully saturated rings. The summed E-state index contributed by atoms with van der Waals surface area (Å²) < 4.78 is 27.7. The molecule has 0 amide bonds. The van der Waals surface area contributed by atoms with E-state index < -0.39 is 6.85 Å². The molecule has 0 saturated carbocycles. The molecule has 7 aromatic rings. The molecule has 0 saturated heterocycles. The Hall–Kier alpha value is -5.80. The van der Waals surface area contributed by atoms with Crippen molar-refractivity contribution in [2.24, 2.45) is 0 Å². The second-order valence-electron chi connectivity index (χ2n) is 24.7. The Morgan fingerprint density at radius 3 is 1.67 bits per heavy atom. The molecule has 0 radical (unpaired) electrons. The number of fused-ring (bicyclic) bond motifs is 6. The van der Waals surface area contributed by atoms with Gasteiger partial charge in [-0.15, -0.1) is 0 Å². The molecule has 0 aromatic heterocycles. The van der Waals surface area contributed by atoms with Gasteiger partial charge in [0.25, 0.3) is 6.71 Å². The lowest BCUT2D eigenvalue weighted by molar-refractivity contribution is 0.403. The van der Waals surface area contributed by atoms with Crippen LogP contribution in [0, 0.1) is 6.85 Å². The van der Waals surface area contributed by atoms with Gasteiger partial charge >= 0.3 is 0 Å². The van der Waals surface area contributed by atoms with Gasteiger partial charge in [0.2, 0.25) is 0 Å². The van der Waals surface area contributed by atoms with Crippen molar-refractivity contribution in [3.05, 3.63) is 184 Å². The van der Waals surface area contributed by atoms with Gasteiger partial charge in [0.05, 0.1) is 5.69 Å². The third-order valence-electron chi connectivity index (χ3n) is 16.6. The fourth-order valence-electron chi connectivity index (χ4n) is 13.6. The number of aryl methyl sites for hydroxylation is 1. The summed E-state index contributed by atoms with van der Waals surface area (Å²) >= 11 is 0. The number of hydrogen-bond acceptors (Lipinski definition) is 2. The lowest BCUT2D eigenvalue weighted by atomic mass is 9.33. The maximum absolute atomic E-state index is 9.23. The van der Waals surface area contributed by atoms with Crippen molar-refractivity contribution >= 4 is 57.2 Å². The molecule has 0 atom stereocenters. The summed E-state index contributed by atoms with van der Waals surface area (Å²) in [4.78, 5) is 4.90. The van der Waals surface area contributed by atoms with Crippen LogP contribution < -0.4 is 26.2 Å². The van der Waals surface area contributed by atoms with E-state index >= 15 is 0 Å². The average molecular weight is 880 g/mol. The van der Waals surface area contributed by atoms with Crippen molar-refractivity contribution in [1.29, 1.82) is 0 Å². The maximum atomic E-state index is 9.23. The number of hydrogen-bond donors (Lipinski definition) is 0. The minimum absolute atomic E-state index is 0.0291. The Balaban J connectivity index is 1.29. The van der Waals surface area contributed by atoms with E-state index in [0.29, 0.717) is 5.56 Å². The van der Waals surface area contributed by atoms with Crippen LogP contribution in [0.4, 0.5) is 34.1 Å². The quantitative estimate of drug-likeness (QED) is 0.159. The van der Waals surface area contributed by atoms with Crippen LogP contribution in [-0.2, 0) is 32.5 Å². The largest absolute Gasteiger partial charge is 0.311 e. The van der Waals surface area contributed by atoms with Gasteiger partial charge in [-0.05, 0) is 162 Å². The zero-order valence-electron chi connectivity index (χ0n) is 45.2. The van der Waals surface area contributed by atoms with Crippen molar-refractivity contribution in [3.63, 3.8) is 0 Å². The predicted molar refractivity (Wildman–Crippen MR) is 289 cm³/mol. The normalized spacial score (nSPS) is 18.8. The fraction of sp³-hybridized carbons (Fsp3) is 0.344. The highest BCUT2D eigenvalue weighted by Crippen LogP contribution is 2.55. The number of rotatable bonds is 5. The van der Waals surface area contributed by atoms with Crippen LogP contribution >= 0.6 is 0 Å². The van der Waals surface area contributed by atoms with E-state index in [1.54, 1.807) is 0 Å². The maximum Gasteiger partial charge on any atom is 0.252 e. The highest BCUT2D eigenvalue weighted by atomic mass is 15.2. The van der Waals surface area contributed by atoms with Crippen LogP contribution in [0.5, 0.6) is 0 Å². The summed E-state index contributed by atoms with van der Waals surface area (Å²) in [5.74, 6) is 0. The van der Waals surface area contributed by atoms with Gasteiger partial charge in [0, 0.05) is 43.5 Å². The Bertz CT molecular complexity index is 3280. The van der Waals surface area contributed by atoms with Crippen molar-refractivity contribution in [2.75, 3.05) is 9.80 Å². The standard InChI is InChI=1S/C64H69BN2/c1-40-31-56-58-57(32-40)67(53-30-26-43(59(2,3)4)33-46(53)41-21-17-15-18-22-41)55-37-50-49(62(9,10)39-63(50,11)12)36-52(55)65(58)51-29-25-44(64(13,14)42-23-19-16-20-24-42)34-54(51)66(56)45-27-28-47-48(35-45)61(7,8)38-60(47,5)6/h15-37H,38-39H2,1-14H3/i1D3. The monoisotopic (exact) mass is 880 g/mol. The minimum atomic E-state index is -2.39. The Morgan fingerprint density at radius 2 is 1.03 bits per heavy atom. The number of benzene rings is 7. The minimum Gasteiger partial charge on any atom is -0.311 e. The van der Waals surface area contributed by atoms with E-state index in [2.05, 4.69) is 227 Å². The zero-order valence-corrected chi connectivity index (χ0v) is 42.2. The summed E-state index contributed by atoms with van der Waals surface area (Å²) in [5, 5.41) is 0. The zero-order chi connectivity index (χ0) is 49.9. The second kappa shape index (κ2) is 14.4. The molecule has 338 valence electrons. The van der Waals surface area contributed by atoms with Gasteiger partial charge in [-0.3, -0.25) is 0 Å². The first-order valence-electron chi connectivity index (χ1n) is 26.2. The number of nitrogens with zero attached hydrogens (tertiary/aromatic N) is 2. The molecule has 4 aliphatic rings. The van der Waals surface area contributed by atoms with E-state index in [4.69, 9.17) is 0 Å². The second-order valence-corrected chi connectivity index (χ2v) is 24.7. The van der Waals surface area contributed by atoms with Crippen molar-refractivity contribution in [3.8, 4) is 11.1 Å². The van der Waals surface area contributed by atoms with Crippen molar-refractivity contribution in [2.45, 2.75) is 142 Å². The summed E-state index contributed by atoms with van der Waals surface area (Å²) in [7, 11) is 0. The highest BCUT2D eigenvalue weighted by Gasteiger charge is 2.49. The van der Waals surface area contributed by atoms with Crippen LogP contribution in [0.1, 0.15) is 151 Å². The van der Waals surface area contributed by atoms with Crippen LogP contribution in [0.3, 0.4) is 0 Å². The highest BCUT2D eigenvalue weighted by molar-refractivity contribution is 7.00. The molecule has 2 aliphatic heterocycles. The lowest BCUT2D eigenvalue weighted by Crippen LogP contribution is -2.61. The van der Waals surface area contributed by atoms with E-state index in [-0.39, 0.29) is 39.2 Å². The Labute approximate surface area is 406 Å². The van der Waals surface area contributed by atoms with E-state index in [0.717, 1.165) is 63.6 Å². The molecule has 0 unspecified atom stereocenters. The molecule has 0 spiro atoms. The van der Waals surface area contributed by atoms with Gasteiger partial charge < -0.3 is 9.80 Å². The molecule has 2 aliphatic carbocycles. The van der Waals surface area contributed by atoms with Gasteiger partial charge in [0.15, 0.2) is 0 Å². The lowest BCUT2D eigenvalue weighted by Gasteiger charge is -2.46. The summed E-state index contributed by atoms with van der Waals surface area (Å²) in [6.45, 7) is 28.1. The van der Waals surface area contributed by atoms with Crippen molar-refractivity contribution in [1.82, 2.24) is 0 Å². The third-order valence-corrected chi connectivity index (χ3v) is 16.6. The smallest absolute Gasteiger partial charge is 0.252 e. The summed E-state index contributed by atoms with van der Waals surface area (Å²) in [6.07, 6.45) is 2.09. The molecule has 67 heavy (non-hydrogen) atoms. The molecule has 2 heterocycles. The van der Waals surface area contributed by atoms with Gasteiger partial charge in [-0.25, -0.2) is 0 Å².